The normalized spacial score (nSPS) is 9.44. The average Bonchev–Trinajstić information content (AvgIpc) is 2.42. The first-order valence-electron chi connectivity index (χ1n) is 5.64. The summed E-state index contributed by atoms with van der Waals surface area (Å²) in [5, 5.41) is 0.194. The standard InChI is InChI=1S/C14H14O.CH2Cl2/c1-3-7-13(8-4-1)11-15-12-14-9-5-2-6-10-14;2-1-3/h1-10H,11-12H2;1H2. The maximum atomic E-state index is 5.61. The van der Waals surface area contributed by atoms with Gasteiger partial charge in [-0.2, -0.15) is 0 Å². The van der Waals surface area contributed by atoms with E-state index >= 15 is 0 Å². The van der Waals surface area contributed by atoms with Crippen LogP contribution in [0.25, 0.3) is 0 Å². The molecule has 0 aliphatic heterocycles. The molecule has 1 nitrogen and oxygen atoms in total. The van der Waals surface area contributed by atoms with Gasteiger partial charge in [0.05, 0.1) is 18.6 Å². The van der Waals surface area contributed by atoms with Crippen LogP contribution in [0.5, 0.6) is 0 Å². The molecule has 0 aliphatic rings. The van der Waals surface area contributed by atoms with Gasteiger partial charge in [-0.1, -0.05) is 60.7 Å². The molecule has 0 heterocycles. The van der Waals surface area contributed by atoms with E-state index in [9.17, 15) is 0 Å². The topological polar surface area (TPSA) is 9.23 Å². The molecule has 0 saturated carbocycles. The zero-order valence-corrected chi connectivity index (χ0v) is 11.6. The van der Waals surface area contributed by atoms with Crippen molar-refractivity contribution in [2.75, 3.05) is 5.34 Å². The predicted molar refractivity (Wildman–Crippen MR) is 78.0 cm³/mol. The van der Waals surface area contributed by atoms with E-state index in [-0.39, 0.29) is 5.34 Å². The fraction of sp³-hybridized carbons (Fsp3) is 0.200. The van der Waals surface area contributed by atoms with Crippen LogP contribution in [0.15, 0.2) is 60.7 Å². The minimum Gasteiger partial charge on any atom is -0.372 e. The minimum atomic E-state index is 0.194. The first-order chi connectivity index (χ1) is 8.86. The molecule has 0 amide bonds. The highest BCUT2D eigenvalue weighted by molar-refractivity contribution is 6.40. The molecule has 0 saturated heterocycles. The average molecular weight is 283 g/mol. The Hall–Kier alpha value is -1.02. The fourth-order valence-corrected chi connectivity index (χ4v) is 1.44. The summed E-state index contributed by atoms with van der Waals surface area (Å²) in [7, 11) is 0. The predicted octanol–water partition coefficient (Wildman–Crippen LogP) is 4.82. The number of benzene rings is 2. The van der Waals surface area contributed by atoms with Crippen LogP contribution in [0.4, 0.5) is 0 Å². The van der Waals surface area contributed by atoms with Gasteiger partial charge in [-0.05, 0) is 11.1 Å². The molecule has 18 heavy (non-hydrogen) atoms. The van der Waals surface area contributed by atoms with Crippen LogP contribution in [0.1, 0.15) is 11.1 Å². The van der Waals surface area contributed by atoms with E-state index in [2.05, 4.69) is 24.3 Å². The molecule has 0 aromatic heterocycles. The van der Waals surface area contributed by atoms with Gasteiger partial charge in [0.2, 0.25) is 0 Å². The summed E-state index contributed by atoms with van der Waals surface area (Å²) in [6.45, 7) is 1.35. The molecule has 0 N–H and O–H groups in total. The van der Waals surface area contributed by atoms with E-state index in [0.29, 0.717) is 13.2 Å². The van der Waals surface area contributed by atoms with Crippen molar-refractivity contribution in [1.29, 1.82) is 0 Å². The maximum absolute atomic E-state index is 5.61. The second-order valence-corrected chi connectivity index (χ2v) is 4.37. The highest BCUT2D eigenvalue weighted by Crippen LogP contribution is 2.05. The summed E-state index contributed by atoms with van der Waals surface area (Å²) >= 11 is 9.53. The van der Waals surface area contributed by atoms with Crippen molar-refractivity contribution in [2.45, 2.75) is 13.2 Å². The first-order valence-corrected chi connectivity index (χ1v) is 6.71. The smallest absolute Gasteiger partial charge is 0.0967 e. The molecule has 3 heteroatoms. The number of rotatable bonds is 4. The van der Waals surface area contributed by atoms with Crippen LogP contribution in [-0.2, 0) is 18.0 Å². The fourth-order valence-electron chi connectivity index (χ4n) is 1.44. The molecule has 0 aliphatic carbocycles. The molecule has 0 unspecified atom stereocenters. The van der Waals surface area contributed by atoms with Gasteiger partial charge in [0.1, 0.15) is 0 Å². The van der Waals surface area contributed by atoms with Crippen molar-refractivity contribution < 1.29 is 4.74 Å². The Kier molecular flexibility index (Phi) is 8.32. The van der Waals surface area contributed by atoms with Crippen LogP contribution in [0.3, 0.4) is 0 Å². The van der Waals surface area contributed by atoms with Crippen LogP contribution >= 0.6 is 23.2 Å². The SMILES string of the molecule is ClCCl.c1ccc(COCc2ccccc2)cc1. The van der Waals surface area contributed by atoms with E-state index in [1.54, 1.807) is 0 Å². The van der Waals surface area contributed by atoms with Gasteiger partial charge in [-0.15, -0.1) is 23.2 Å². The Morgan fingerprint density at radius 2 is 1.00 bits per heavy atom. The lowest BCUT2D eigenvalue weighted by Gasteiger charge is -2.03. The third-order valence-corrected chi connectivity index (χ3v) is 2.22. The van der Waals surface area contributed by atoms with Crippen molar-refractivity contribution in [3.63, 3.8) is 0 Å². The van der Waals surface area contributed by atoms with E-state index in [4.69, 9.17) is 27.9 Å². The van der Waals surface area contributed by atoms with Crippen molar-refractivity contribution in [3.05, 3.63) is 71.8 Å². The second-order valence-electron chi connectivity index (χ2n) is 3.57. The van der Waals surface area contributed by atoms with Crippen molar-refractivity contribution in [3.8, 4) is 0 Å². The highest BCUT2D eigenvalue weighted by atomic mass is 35.5. The molecule has 0 bridgehead atoms. The Labute approximate surface area is 118 Å². The lowest BCUT2D eigenvalue weighted by molar-refractivity contribution is 0.107. The second kappa shape index (κ2) is 9.95. The number of ether oxygens (including phenoxy) is 1. The molecule has 96 valence electrons. The largest absolute Gasteiger partial charge is 0.372 e. The summed E-state index contributed by atoms with van der Waals surface area (Å²) in [5.41, 5.74) is 2.43. The van der Waals surface area contributed by atoms with Gasteiger partial charge in [-0.25, -0.2) is 0 Å². The van der Waals surface area contributed by atoms with E-state index < -0.39 is 0 Å². The lowest BCUT2D eigenvalue weighted by Crippen LogP contribution is -1.93. The number of hydrogen-bond donors (Lipinski definition) is 0. The zero-order chi connectivity index (χ0) is 13.1. The number of hydrogen-bond acceptors (Lipinski definition) is 1. The first kappa shape index (κ1) is 15.0. The van der Waals surface area contributed by atoms with Crippen LogP contribution in [-0.4, -0.2) is 5.34 Å². The van der Waals surface area contributed by atoms with Gasteiger partial charge in [-0.3, -0.25) is 0 Å². The van der Waals surface area contributed by atoms with Gasteiger partial charge in [0.15, 0.2) is 0 Å². The molecule has 0 atom stereocenters. The van der Waals surface area contributed by atoms with Crippen LogP contribution in [0.2, 0.25) is 0 Å². The molecule has 2 aromatic rings. The lowest BCUT2D eigenvalue weighted by atomic mass is 10.2. The van der Waals surface area contributed by atoms with Gasteiger partial charge < -0.3 is 4.74 Å². The summed E-state index contributed by atoms with van der Waals surface area (Å²) in [6, 6.07) is 20.4. The Bertz CT molecular complexity index is 364. The van der Waals surface area contributed by atoms with Gasteiger partial charge >= 0.3 is 0 Å². The minimum absolute atomic E-state index is 0.194. The van der Waals surface area contributed by atoms with Crippen molar-refractivity contribution >= 4 is 23.2 Å². The number of halogens is 2. The van der Waals surface area contributed by atoms with Gasteiger partial charge in [0.25, 0.3) is 0 Å². The van der Waals surface area contributed by atoms with E-state index in [1.807, 2.05) is 36.4 Å². The quantitative estimate of drug-likeness (QED) is 0.730. The van der Waals surface area contributed by atoms with Crippen molar-refractivity contribution in [1.82, 2.24) is 0 Å². The molecule has 2 rings (SSSR count). The summed E-state index contributed by atoms with van der Waals surface area (Å²) in [4.78, 5) is 0. The zero-order valence-electron chi connectivity index (χ0n) is 10.1. The summed E-state index contributed by atoms with van der Waals surface area (Å²) < 4.78 is 5.61. The van der Waals surface area contributed by atoms with Crippen LogP contribution in [0, 0.1) is 0 Å². The third kappa shape index (κ3) is 6.65. The Morgan fingerprint density at radius 3 is 1.33 bits per heavy atom. The molecule has 0 fully saturated rings. The maximum Gasteiger partial charge on any atom is 0.0967 e. The summed E-state index contributed by atoms with van der Waals surface area (Å²) in [6.07, 6.45) is 0. The van der Waals surface area contributed by atoms with E-state index in [1.165, 1.54) is 11.1 Å². The van der Waals surface area contributed by atoms with Crippen LogP contribution < -0.4 is 0 Å². The highest BCUT2D eigenvalue weighted by Gasteiger charge is 1.93. The molecule has 0 radical (unpaired) electrons. The van der Waals surface area contributed by atoms with Gasteiger partial charge in [0, 0.05) is 0 Å². The molecular weight excluding hydrogens is 267 g/mol. The molecule has 0 spiro atoms. The van der Waals surface area contributed by atoms with E-state index in [0.717, 1.165) is 0 Å². The molecular formula is C15H16Cl2O. The van der Waals surface area contributed by atoms with Crippen molar-refractivity contribution in [2.24, 2.45) is 0 Å². The Morgan fingerprint density at radius 1 is 0.667 bits per heavy atom. The monoisotopic (exact) mass is 282 g/mol. The number of alkyl halides is 2. The summed E-state index contributed by atoms with van der Waals surface area (Å²) in [5.74, 6) is 0. The third-order valence-electron chi connectivity index (χ3n) is 2.22. The Balaban J connectivity index is 0.000000492. The molecule has 2 aromatic carbocycles.